The van der Waals surface area contributed by atoms with Crippen LogP contribution in [-0.2, 0) is 14.8 Å². The lowest BCUT2D eigenvalue weighted by Crippen LogP contribution is -2.45. The molecule has 2 fully saturated rings. The van der Waals surface area contributed by atoms with Crippen molar-refractivity contribution in [2.75, 3.05) is 13.1 Å². The second-order valence-electron chi connectivity index (χ2n) is 10.8. The molecule has 2 aromatic rings. The number of hydrogen-bond acceptors (Lipinski definition) is 5. The van der Waals surface area contributed by atoms with Gasteiger partial charge in [-0.05, 0) is 76.1 Å². The number of benzene rings is 1. The van der Waals surface area contributed by atoms with Crippen molar-refractivity contribution in [3.8, 4) is 0 Å². The average Bonchev–Trinajstić information content (AvgIpc) is 3.21. The van der Waals surface area contributed by atoms with Gasteiger partial charge in [0.25, 0.3) is 0 Å². The Balaban J connectivity index is 1.43. The highest BCUT2D eigenvalue weighted by atomic mass is 32.2. The molecule has 1 amide bonds. The average molecular weight is 528 g/mol. The molecule has 0 atom stereocenters. The highest BCUT2D eigenvalue weighted by Gasteiger charge is 2.36. The van der Waals surface area contributed by atoms with Gasteiger partial charge in [-0.15, -0.1) is 0 Å². The highest BCUT2D eigenvalue weighted by Crippen LogP contribution is 2.30. The lowest BCUT2D eigenvalue weighted by Gasteiger charge is -2.31. The van der Waals surface area contributed by atoms with Gasteiger partial charge in [0, 0.05) is 25.0 Å². The molecule has 1 aliphatic heterocycles. The van der Waals surface area contributed by atoms with Crippen LogP contribution in [-0.4, -0.2) is 42.9 Å². The van der Waals surface area contributed by atoms with E-state index in [1.54, 1.807) is 13.0 Å². The summed E-state index contributed by atoms with van der Waals surface area (Å²) in [6, 6.07) is 4.46. The predicted molar refractivity (Wildman–Crippen MR) is 147 cm³/mol. The third-order valence-electron chi connectivity index (χ3n) is 7.85. The Morgan fingerprint density at radius 3 is 2.16 bits per heavy atom. The largest absolute Gasteiger partial charge is 0.355 e. The number of sulfonamides is 1. The van der Waals surface area contributed by atoms with Gasteiger partial charge in [-0.2, -0.15) is 4.31 Å². The number of nitrogens with zero attached hydrogens (tertiary/aromatic N) is 2. The fraction of sp³-hybridized carbons (Fsp3) is 0.586. The minimum Gasteiger partial charge on any atom is -0.355 e. The van der Waals surface area contributed by atoms with Crippen molar-refractivity contribution < 1.29 is 17.7 Å². The molecule has 1 aromatic carbocycles. The Morgan fingerprint density at radius 1 is 0.946 bits per heavy atom. The van der Waals surface area contributed by atoms with E-state index in [9.17, 15) is 13.2 Å². The van der Waals surface area contributed by atoms with Gasteiger partial charge in [0.15, 0.2) is 10.7 Å². The van der Waals surface area contributed by atoms with Gasteiger partial charge in [-0.1, -0.05) is 61.0 Å². The number of hydrogen-bond donors (Lipinski definition) is 1. The van der Waals surface area contributed by atoms with E-state index in [1.165, 1.54) is 42.0 Å². The number of rotatable bonds is 6. The predicted octanol–water partition coefficient (Wildman–Crippen LogP) is 5.71. The molecule has 8 heteroatoms. The van der Waals surface area contributed by atoms with E-state index in [4.69, 9.17) is 4.52 Å². The van der Waals surface area contributed by atoms with E-state index in [2.05, 4.69) is 29.5 Å². The van der Waals surface area contributed by atoms with Gasteiger partial charge in [-0.3, -0.25) is 4.79 Å². The van der Waals surface area contributed by atoms with Crippen LogP contribution in [0.2, 0.25) is 0 Å². The monoisotopic (exact) mass is 527 g/mol. The van der Waals surface area contributed by atoms with Crippen LogP contribution in [0.3, 0.4) is 0 Å². The number of piperidine rings is 1. The van der Waals surface area contributed by atoms with Crippen LogP contribution in [0.25, 0.3) is 12.2 Å². The van der Waals surface area contributed by atoms with Crippen LogP contribution in [0.4, 0.5) is 0 Å². The van der Waals surface area contributed by atoms with Gasteiger partial charge in [-0.25, -0.2) is 8.42 Å². The third-order valence-corrected chi connectivity index (χ3v) is 9.90. The van der Waals surface area contributed by atoms with E-state index in [0.29, 0.717) is 31.6 Å². The molecular formula is C29H41N3O4S. The molecule has 7 nitrogen and oxygen atoms in total. The summed E-state index contributed by atoms with van der Waals surface area (Å²) in [4.78, 5) is 13.1. The van der Waals surface area contributed by atoms with Gasteiger partial charge < -0.3 is 9.84 Å². The first kappa shape index (κ1) is 27.6. The number of amides is 1. The summed E-state index contributed by atoms with van der Waals surface area (Å²) in [5.41, 5.74) is 4.82. The van der Waals surface area contributed by atoms with Crippen LogP contribution in [0.15, 0.2) is 21.6 Å². The minimum atomic E-state index is -3.80. The fourth-order valence-corrected chi connectivity index (χ4v) is 7.54. The molecule has 0 spiro atoms. The van der Waals surface area contributed by atoms with E-state index in [0.717, 1.165) is 29.5 Å². The summed E-state index contributed by atoms with van der Waals surface area (Å²) in [5.74, 6) is 0.171. The van der Waals surface area contributed by atoms with Crippen molar-refractivity contribution in [3.63, 3.8) is 0 Å². The Bertz CT molecular complexity index is 1210. The molecule has 2 aliphatic rings. The number of aryl methyl sites for hydroxylation is 4. The van der Waals surface area contributed by atoms with Gasteiger partial charge in [0.05, 0.1) is 0 Å². The molecule has 1 aliphatic carbocycles. The highest BCUT2D eigenvalue weighted by molar-refractivity contribution is 7.89. The first-order valence-corrected chi connectivity index (χ1v) is 15.1. The molecule has 1 saturated carbocycles. The maximum atomic E-state index is 13.6. The summed E-state index contributed by atoms with van der Waals surface area (Å²) in [6.45, 7) is 8.43. The molecule has 0 bridgehead atoms. The molecule has 1 saturated heterocycles. The third kappa shape index (κ3) is 6.52. The molecule has 2 heterocycles. The zero-order valence-electron chi connectivity index (χ0n) is 22.7. The Kier molecular flexibility index (Phi) is 8.90. The van der Waals surface area contributed by atoms with Crippen LogP contribution in [0.5, 0.6) is 0 Å². The number of nitrogens with one attached hydrogen (secondary N) is 1. The zero-order valence-corrected chi connectivity index (χ0v) is 23.5. The number of aromatic nitrogens is 1. The summed E-state index contributed by atoms with van der Waals surface area (Å²) in [5, 5.41) is 7.23. The van der Waals surface area contributed by atoms with Crippen molar-refractivity contribution in [1.29, 1.82) is 0 Å². The van der Waals surface area contributed by atoms with E-state index >= 15 is 0 Å². The normalized spacial score (nSPS) is 19.1. The summed E-state index contributed by atoms with van der Waals surface area (Å²) in [6.07, 6.45) is 12.8. The molecule has 0 unspecified atom stereocenters. The van der Waals surface area contributed by atoms with Crippen molar-refractivity contribution in [2.45, 2.75) is 96.4 Å². The topological polar surface area (TPSA) is 92.5 Å². The van der Waals surface area contributed by atoms with Crippen molar-refractivity contribution in [2.24, 2.45) is 5.92 Å². The maximum absolute atomic E-state index is 13.6. The number of carbonyl (C=O) groups excluding carboxylic acids is 1. The summed E-state index contributed by atoms with van der Waals surface area (Å²) in [7, 11) is -3.80. The SMILES string of the molecule is Cc1cc(C)c(/C=C/c2onc(C)c2S(=O)(=O)N2CCC(C(=O)NC3CCCCCCC3)CC2)c(C)c1. The van der Waals surface area contributed by atoms with Gasteiger partial charge in [0.2, 0.25) is 15.9 Å². The van der Waals surface area contributed by atoms with Crippen LogP contribution in [0.1, 0.15) is 91.5 Å². The minimum absolute atomic E-state index is 0.0799. The lowest BCUT2D eigenvalue weighted by atomic mass is 9.94. The smallest absolute Gasteiger partial charge is 0.248 e. The summed E-state index contributed by atoms with van der Waals surface area (Å²) >= 11 is 0. The van der Waals surface area contributed by atoms with Crippen LogP contribution >= 0.6 is 0 Å². The molecule has 1 aromatic heterocycles. The fourth-order valence-electron chi connectivity index (χ4n) is 5.82. The van der Waals surface area contributed by atoms with Gasteiger partial charge >= 0.3 is 0 Å². The molecule has 0 radical (unpaired) electrons. The lowest BCUT2D eigenvalue weighted by molar-refractivity contribution is -0.127. The van der Waals surface area contributed by atoms with Crippen molar-refractivity contribution in [3.05, 3.63) is 45.8 Å². The Morgan fingerprint density at radius 2 is 1.54 bits per heavy atom. The second-order valence-corrected chi connectivity index (χ2v) is 12.7. The van der Waals surface area contributed by atoms with E-state index in [-0.39, 0.29) is 28.5 Å². The molecule has 4 rings (SSSR count). The first-order chi connectivity index (χ1) is 17.7. The molecule has 202 valence electrons. The maximum Gasteiger partial charge on any atom is 0.248 e. The second kappa shape index (κ2) is 11.9. The van der Waals surface area contributed by atoms with E-state index in [1.807, 2.05) is 19.9 Å². The Labute approximate surface area is 221 Å². The molecular weight excluding hydrogens is 486 g/mol. The molecule has 37 heavy (non-hydrogen) atoms. The standard InChI is InChI=1S/C29H41N3O4S/c1-20-18-21(2)26(22(3)19-20)12-13-27-28(23(4)31-36-27)37(34,35)32-16-14-24(15-17-32)29(33)30-25-10-8-6-5-7-9-11-25/h12-13,18-19,24-25H,5-11,14-17H2,1-4H3,(H,30,33)/b13-12+. The van der Waals surface area contributed by atoms with Crippen molar-refractivity contribution >= 4 is 28.1 Å². The van der Waals surface area contributed by atoms with E-state index < -0.39 is 10.0 Å². The Hall–Kier alpha value is -2.45. The van der Waals surface area contributed by atoms with Crippen molar-refractivity contribution in [1.82, 2.24) is 14.8 Å². The molecule has 1 N–H and O–H groups in total. The zero-order chi connectivity index (χ0) is 26.6. The van der Waals surface area contributed by atoms with Gasteiger partial charge in [0.1, 0.15) is 5.69 Å². The van der Waals surface area contributed by atoms with Crippen LogP contribution in [0, 0.1) is 33.6 Å². The quantitative estimate of drug-likeness (QED) is 0.520. The summed E-state index contributed by atoms with van der Waals surface area (Å²) < 4.78 is 34.2. The van der Waals surface area contributed by atoms with Crippen LogP contribution < -0.4 is 5.32 Å². The number of carbonyl (C=O) groups is 1. The first-order valence-electron chi connectivity index (χ1n) is 13.7.